The van der Waals surface area contributed by atoms with Crippen LogP contribution in [0.5, 0.6) is 0 Å². The van der Waals surface area contributed by atoms with Crippen molar-refractivity contribution in [1.29, 1.82) is 0 Å². The van der Waals surface area contributed by atoms with Gasteiger partial charge in [0.05, 0.1) is 38.1 Å². The molecule has 1 aromatic carbocycles. The minimum Gasteiger partial charge on any atom is -0.396 e. The molecule has 4 fully saturated rings. The van der Waals surface area contributed by atoms with Crippen molar-refractivity contribution in [3.8, 4) is 0 Å². The summed E-state index contributed by atoms with van der Waals surface area (Å²) in [6, 6.07) is 7.69. The standard InChI is InChI=1S/C46H78O22/c1-50-24-30-32(52-3)36(54-5)39(57-8)44(66-30)62-23-26-14-12-13-25(21-26)22-61-43-40(58-9)37(55-6)33(28(63-43)16-19-48)67-46-42(60-11)38(56-7)34(29(65-46)17-20-49)68-45-41(59-10)35(53-4)31(51-2)27(64-45)15-18-47/h12-14,21,27-49H,15-20,22-24H2,1-11H3/t27?,28?,29?,30?,31-,32-,33+,34+,35-,36?,37-,38-,39?,40?,41?,42?,43-,44-,45+,46+/m1/s1. The van der Waals surface area contributed by atoms with Crippen molar-refractivity contribution in [1.82, 2.24) is 0 Å². The first-order valence-electron chi connectivity index (χ1n) is 23.0. The SMILES string of the molecule is COCC1O[C@@H](OCc2cccc(CO[C@@H]3OC(CCO)[C@H](O[C@@H]4OC(CCO)[C@H](O[C@@H]5OC(CCO)[C@@H](OC)[C@@H](OC)C5OC)[C@@H](OC)C4OC)[C@@H](OC)C3OC)c2)C(OC)C(OC)[C@@H]1OC. The van der Waals surface area contributed by atoms with Crippen LogP contribution in [0.15, 0.2) is 24.3 Å². The molecule has 22 heteroatoms. The van der Waals surface area contributed by atoms with Gasteiger partial charge in [-0.1, -0.05) is 24.3 Å². The quantitative estimate of drug-likeness (QED) is 0.103. The molecular weight excluding hydrogens is 904 g/mol. The average Bonchev–Trinajstić information content (AvgIpc) is 3.35. The molecule has 0 aliphatic carbocycles. The van der Waals surface area contributed by atoms with E-state index in [1.54, 1.807) is 28.4 Å². The van der Waals surface area contributed by atoms with E-state index in [1.807, 2.05) is 24.3 Å². The fourth-order valence-corrected chi connectivity index (χ4v) is 9.82. The van der Waals surface area contributed by atoms with Gasteiger partial charge in [0.25, 0.3) is 0 Å². The third-order valence-electron chi connectivity index (χ3n) is 13.1. The van der Waals surface area contributed by atoms with Crippen molar-refractivity contribution in [2.75, 3.05) is 105 Å². The third-order valence-corrected chi connectivity index (χ3v) is 13.1. The maximum Gasteiger partial charge on any atom is 0.187 e. The van der Waals surface area contributed by atoms with Gasteiger partial charge in [-0.15, -0.1) is 0 Å². The van der Waals surface area contributed by atoms with Crippen molar-refractivity contribution in [3.63, 3.8) is 0 Å². The van der Waals surface area contributed by atoms with E-state index in [1.165, 1.54) is 49.8 Å². The molecular formula is C46H78O22. The molecule has 4 heterocycles. The number of ether oxygens (including phenoxy) is 19. The highest BCUT2D eigenvalue weighted by atomic mass is 16.8. The third kappa shape index (κ3) is 13.5. The molecule has 20 atom stereocenters. The Kier molecular flexibility index (Phi) is 24.5. The first kappa shape index (κ1) is 57.2. The fraction of sp³-hybridized carbons (Fsp3) is 0.870. The monoisotopic (exact) mass is 982 g/mol. The van der Waals surface area contributed by atoms with Gasteiger partial charge >= 0.3 is 0 Å². The van der Waals surface area contributed by atoms with Crippen LogP contribution in [0.2, 0.25) is 0 Å². The van der Waals surface area contributed by atoms with Gasteiger partial charge in [-0.2, -0.15) is 0 Å². The molecule has 1 aromatic rings. The van der Waals surface area contributed by atoms with E-state index in [0.29, 0.717) is 0 Å². The Hall–Kier alpha value is -1.66. The van der Waals surface area contributed by atoms with Gasteiger partial charge in [0.2, 0.25) is 0 Å². The van der Waals surface area contributed by atoms with E-state index >= 15 is 0 Å². The van der Waals surface area contributed by atoms with E-state index in [-0.39, 0.29) is 58.9 Å². The zero-order chi connectivity index (χ0) is 49.3. The van der Waals surface area contributed by atoms with Gasteiger partial charge in [0.1, 0.15) is 79.4 Å². The first-order valence-corrected chi connectivity index (χ1v) is 23.0. The Bertz CT molecular complexity index is 1530. The Balaban J connectivity index is 1.30. The van der Waals surface area contributed by atoms with Crippen LogP contribution in [0.25, 0.3) is 0 Å². The van der Waals surface area contributed by atoms with Crippen LogP contribution in [0.3, 0.4) is 0 Å². The molecule has 3 N–H and O–H groups in total. The molecule has 9 unspecified atom stereocenters. The minimum absolute atomic E-state index is 0.110. The molecule has 68 heavy (non-hydrogen) atoms. The molecule has 0 spiro atoms. The molecule has 0 bridgehead atoms. The second kappa shape index (κ2) is 29.1. The van der Waals surface area contributed by atoms with Crippen LogP contribution >= 0.6 is 0 Å². The summed E-state index contributed by atoms with van der Waals surface area (Å²) in [5.41, 5.74) is 1.67. The van der Waals surface area contributed by atoms with Gasteiger partial charge < -0.3 is 105 Å². The molecule has 0 amide bonds. The summed E-state index contributed by atoms with van der Waals surface area (Å²) in [5, 5.41) is 30.4. The second-order valence-corrected chi connectivity index (χ2v) is 16.8. The summed E-state index contributed by atoms with van der Waals surface area (Å²) in [6.45, 7) is -0.108. The molecule has 0 radical (unpaired) electrons. The van der Waals surface area contributed by atoms with Gasteiger partial charge in [-0.3, -0.25) is 0 Å². The number of hydrogen-bond acceptors (Lipinski definition) is 22. The van der Waals surface area contributed by atoms with Gasteiger partial charge in [-0.25, -0.2) is 0 Å². The van der Waals surface area contributed by atoms with E-state index < -0.39 is 123 Å². The molecule has 4 aliphatic rings. The molecule has 5 rings (SSSR count). The van der Waals surface area contributed by atoms with Crippen molar-refractivity contribution in [3.05, 3.63) is 35.4 Å². The van der Waals surface area contributed by atoms with Crippen molar-refractivity contribution in [2.24, 2.45) is 0 Å². The number of rotatable bonds is 28. The summed E-state index contributed by atoms with van der Waals surface area (Å²) in [5.74, 6) is 0. The zero-order valence-electron chi connectivity index (χ0n) is 41.3. The Labute approximate surface area is 400 Å². The van der Waals surface area contributed by atoms with E-state index in [0.717, 1.165) is 11.1 Å². The summed E-state index contributed by atoms with van der Waals surface area (Å²) in [7, 11) is 16.9. The van der Waals surface area contributed by atoms with Gasteiger partial charge in [0, 0.05) is 98.0 Å². The molecule has 22 nitrogen and oxygen atoms in total. The van der Waals surface area contributed by atoms with Crippen LogP contribution in [0, 0.1) is 0 Å². The predicted molar refractivity (Wildman–Crippen MR) is 235 cm³/mol. The molecule has 4 aliphatic heterocycles. The first-order chi connectivity index (χ1) is 33.1. The number of benzene rings is 1. The minimum atomic E-state index is -1.13. The fourth-order valence-electron chi connectivity index (χ4n) is 9.82. The highest BCUT2D eigenvalue weighted by Gasteiger charge is 2.56. The number of aliphatic hydroxyl groups excluding tert-OH is 3. The van der Waals surface area contributed by atoms with E-state index in [2.05, 4.69) is 0 Å². The van der Waals surface area contributed by atoms with Gasteiger partial charge in [-0.05, 0) is 30.4 Å². The van der Waals surface area contributed by atoms with Gasteiger partial charge in [0.15, 0.2) is 25.2 Å². The topological polar surface area (TPSA) is 236 Å². The van der Waals surface area contributed by atoms with Crippen LogP contribution in [-0.4, -0.2) is 243 Å². The smallest absolute Gasteiger partial charge is 0.187 e. The molecule has 4 saturated heterocycles. The van der Waals surface area contributed by atoms with Crippen LogP contribution in [0.4, 0.5) is 0 Å². The van der Waals surface area contributed by atoms with Crippen LogP contribution < -0.4 is 0 Å². The van der Waals surface area contributed by atoms with E-state index in [4.69, 9.17) is 90.0 Å². The number of hydrogen-bond donors (Lipinski definition) is 3. The average molecular weight is 983 g/mol. The summed E-state index contributed by atoms with van der Waals surface area (Å²) < 4.78 is 116. The maximum atomic E-state index is 10.3. The van der Waals surface area contributed by atoms with Crippen molar-refractivity contribution in [2.45, 2.75) is 155 Å². The lowest BCUT2D eigenvalue weighted by Gasteiger charge is -2.51. The summed E-state index contributed by atoms with van der Waals surface area (Å²) >= 11 is 0. The number of methoxy groups -OCH3 is 11. The highest BCUT2D eigenvalue weighted by molar-refractivity contribution is 5.22. The van der Waals surface area contributed by atoms with Crippen LogP contribution in [0.1, 0.15) is 30.4 Å². The van der Waals surface area contributed by atoms with Crippen molar-refractivity contribution < 1.29 is 105 Å². The predicted octanol–water partition coefficient (Wildman–Crippen LogP) is 0.333. The molecule has 0 aromatic heterocycles. The van der Waals surface area contributed by atoms with E-state index in [9.17, 15) is 15.3 Å². The Morgan fingerprint density at radius 2 is 0.691 bits per heavy atom. The maximum absolute atomic E-state index is 10.3. The lowest BCUT2D eigenvalue weighted by molar-refractivity contribution is -0.384. The summed E-state index contributed by atoms with van der Waals surface area (Å²) in [6.07, 6.45) is -14.7. The lowest BCUT2D eigenvalue weighted by atomic mass is 9.93. The molecule has 0 saturated carbocycles. The highest BCUT2D eigenvalue weighted by Crippen LogP contribution is 2.38. The normalized spacial score (nSPS) is 39.0. The largest absolute Gasteiger partial charge is 0.396 e. The van der Waals surface area contributed by atoms with Crippen LogP contribution in [-0.2, 0) is 103 Å². The number of aliphatic hydroxyl groups is 3. The Morgan fingerprint density at radius 3 is 1.04 bits per heavy atom. The molecule has 394 valence electrons. The zero-order valence-corrected chi connectivity index (χ0v) is 41.3. The van der Waals surface area contributed by atoms with Crippen molar-refractivity contribution >= 4 is 0 Å². The Morgan fingerprint density at radius 1 is 0.382 bits per heavy atom. The summed E-state index contributed by atoms with van der Waals surface area (Å²) in [4.78, 5) is 0. The second-order valence-electron chi connectivity index (χ2n) is 16.8. The lowest BCUT2D eigenvalue weighted by Crippen LogP contribution is -2.67.